The second kappa shape index (κ2) is 8.92. The van der Waals surface area contributed by atoms with Crippen LogP contribution in [0.5, 0.6) is 0 Å². The number of hydrogen-bond acceptors (Lipinski definition) is 3. The zero-order chi connectivity index (χ0) is 15.7. The van der Waals surface area contributed by atoms with Gasteiger partial charge in [-0.2, -0.15) is 0 Å². The van der Waals surface area contributed by atoms with Crippen LogP contribution in [0.3, 0.4) is 0 Å². The fourth-order valence-corrected chi connectivity index (χ4v) is 1.86. The van der Waals surface area contributed by atoms with E-state index in [4.69, 9.17) is 0 Å². The second-order valence-corrected chi connectivity index (χ2v) is 4.64. The summed E-state index contributed by atoms with van der Waals surface area (Å²) in [6.07, 6.45) is 2.26. The molecule has 1 unspecified atom stereocenters. The van der Waals surface area contributed by atoms with Gasteiger partial charge in [0.15, 0.2) is 0 Å². The van der Waals surface area contributed by atoms with Crippen molar-refractivity contribution in [2.24, 2.45) is 0 Å². The molecule has 0 radical (unpaired) electrons. The zero-order valence-corrected chi connectivity index (χ0v) is 12.3. The van der Waals surface area contributed by atoms with Crippen molar-refractivity contribution in [3.8, 4) is 0 Å². The molecule has 1 atom stereocenters. The number of hydrogen-bond donors (Lipinski definition) is 3. The molecule has 0 saturated heterocycles. The number of aliphatic hydroxyl groups excluding tert-OH is 1. The number of carbonyl (C=O) groups is 2. The van der Waals surface area contributed by atoms with Crippen molar-refractivity contribution in [3.05, 3.63) is 48.0 Å². The van der Waals surface area contributed by atoms with Crippen LogP contribution in [0.2, 0.25) is 0 Å². The van der Waals surface area contributed by atoms with Gasteiger partial charge >= 0.3 is 0 Å². The molecular weight excluding hydrogens is 268 g/mol. The second-order valence-electron chi connectivity index (χ2n) is 4.64. The number of carbonyl (C=O) groups excluding carboxylic acids is 2. The first-order valence-electron chi connectivity index (χ1n) is 7.00. The van der Waals surface area contributed by atoms with E-state index in [1.54, 1.807) is 0 Å². The maximum absolute atomic E-state index is 11.8. The molecule has 0 aliphatic carbocycles. The molecular formula is C16H22N2O3. The number of aliphatic hydroxyl groups is 1. The van der Waals surface area contributed by atoms with E-state index in [1.807, 2.05) is 24.3 Å². The minimum absolute atomic E-state index is 0.156. The van der Waals surface area contributed by atoms with Crippen molar-refractivity contribution in [1.29, 1.82) is 0 Å². The fraction of sp³-hybridized carbons (Fsp3) is 0.375. The van der Waals surface area contributed by atoms with Gasteiger partial charge in [0.25, 0.3) is 0 Å². The molecule has 5 heteroatoms. The summed E-state index contributed by atoms with van der Waals surface area (Å²) in [6.45, 7) is 5.46. The van der Waals surface area contributed by atoms with E-state index >= 15 is 0 Å². The molecule has 0 aliphatic rings. The number of rotatable bonds is 8. The highest BCUT2D eigenvalue weighted by molar-refractivity contribution is 5.87. The lowest BCUT2D eigenvalue weighted by molar-refractivity contribution is -0.122. The average Bonchev–Trinajstić information content (AvgIpc) is 2.52. The quantitative estimate of drug-likeness (QED) is 0.627. The highest BCUT2D eigenvalue weighted by atomic mass is 16.3. The van der Waals surface area contributed by atoms with Crippen LogP contribution in [0.15, 0.2) is 36.9 Å². The SMILES string of the molecule is C=CC(=O)NCCC(=O)NC(CO)c1ccc(CC)cc1. The molecule has 1 rings (SSSR count). The lowest BCUT2D eigenvalue weighted by atomic mass is 10.0. The van der Waals surface area contributed by atoms with Crippen LogP contribution in [0.1, 0.15) is 30.5 Å². The summed E-state index contributed by atoms with van der Waals surface area (Å²) in [5, 5.41) is 14.7. The molecule has 0 spiro atoms. The van der Waals surface area contributed by atoms with E-state index in [1.165, 1.54) is 5.56 Å². The van der Waals surface area contributed by atoms with Gasteiger partial charge in [-0.1, -0.05) is 37.8 Å². The summed E-state index contributed by atoms with van der Waals surface area (Å²) >= 11 is 0. The van der Waals surface area contributed by atoms with Gasteiger partial charge in [0.05, 0.1) is 12.6 Å². The molecule has 0 heterocycles. The van der Waals surface area contributed by atoms with Crippen LogP contribution in [0.4, 0.5) is 0 Å². The summed E-state index contributed by atoms with van der Waals surface area (Å²) in [6, 6.07) is 7.33. The minimum Gasteiger partial charge on any atom is -0.394 e. The van der Waals surface area contributed by atoms with Crippen LogP contribution in [-0.4, -0.2) is 30.1 Å². The lowest BCUT2D eigenvalue weighted by Gasteiger charge is -2.17. The molecule has 21 heavy (non-hydrogen) atoms. The van der Waals surface area contributed by atoms with Crippen molar-refractivity contribution < 1.29 is 14.7 Å². The van der Waals surface area contributed by atoms with Gasteiger partial charge in [-0.25, -0.2) is 0 Å². The van der Waals surface area contributed by atoms with Crippen molar-refractivity contribution in [2.75, 3.05) is 13.2 Å². The summed E-state index contributed by atoms with van der Waals surface area (Å²) in [5.74, 6) is -0.533. The first kappa shape index (κ1) is 16.9. The molecule has 0 bridgehead atoms. The topological polar surface area (TPSA) is 78.4 Å². The van der Waals surface area contributed by atoms with Crippen molar-refractivity contribution in [1.82, 2.24) is 10.6 Å². The van der Waals surface area contributed by atoms with E-state index in [0.717, 1.165) is 18.1 Å². The Labute approximate surface area is 125 Å². The van der Waals surface area contributed by atoms with Crippen molar-refractivity contribution >= 4 is 11.8 Å². The van der Waals surface area contributed by atoms with Crippen LogP contribution < -0.4 is 10.6 Å². The Morgan fingerprint density at radius 2 is 2.00 bits per heavy atom. The summed E-state index contributed by atoms with van der Waals surface area (Å²) < 4.78 is 0. The summed E-state index contributed by atoms with van der Waals surface area (Å²) in [7, 11) is 0. The van der Waals surface area contributed by atoms with E-state index < -0.39 is 6.04 Å². The smallest absolute Gasteiger partial charge is 0.243 e. The van der Waals surface area contributed by atoms with E-state index in [9.17, 15) is 14.7 Å². The maximum Gasteiger partial charge on any atom is 0.243 e. The monoisotopic (exact) mass is 290 g/mol. The van der Waals surface area contributed by atoms with Crippen molar-refractivity contribution in [3.63, 3.8) is 0 Å². The van der Waals surface area contributed by atoms with Crippen LogP contribution in [0, 0.1) is 0 Å². The van der Waals surface area contributed by atoms with Gasteiger partial charge in [0.1, 0.15) is 0 Å². The Bertz CT molecular complexity index is 483. The molecule has 0 saturated carbocycles. The standard InChI is InChI=1S/C16H22N2O3/c1-3-12-5-7-13(8-6-12)14(11-19)18-16(21)9-10-17-15(20)4-2/h4-8,14,19H,2-3,9-11H2,1H3,(H,17,20)(H,18,21). The van der Waals surface area contributed by atoms with E-state index in [-0.39, 0.29) is 31.4 Å². The molecule has 114 valence electrons. The van der Waals surface area contributed by atoms with E-state index in [2.05, 4.69) is 24.1 Å². The third-order valence-corrected chi connectivity index (χ3v) is 3.14. The molecule has 0 fully saturated rings. The Balaban J connectivity index is 2.50. The van der Waals surface area contributed by atoms with Gasteiger partial charge in [-0.3, -0.25) is 9.59 Å². The Morgan fingerprint density at radius 1 is 1.33 bits per heavy atom. The molecule has 0 aliphatic heterocycles. The largest absolute Gasteiger partial charge is 0.394 e. The molecule has 1 aromatic rings. The molecule has 2 amide bonds. The highest BCUT2D eigenvalue weighted by Crippen LogP contribution is 2.14. The Hall–Kier alpha value is -2.14. The highest BCUT2D eigenvalue weighted by Gasteiger charge is 2.13. The summed E-state index contributed by atoms with van der Waals surface area (Å²) in [5.41, 5.74) is 2.06. The molecule has 0 aromatic heterocycles. The molecule has 3 N–H and O–H groups in total. The molecule has 1 aromatic carbocycles. The lowest BCUT2D eigenvalue weighted by Crippen LogP contribution is -2.33. The third-order valence-electron chi connectivity index (χ3n) is 3.14. The molecule has 5 nitrogen and oxygen atoms in total. The van der Waals surface area contributed by atoms with Crippen LogP contribution in [0.25, 0.3) is 0 Å². The van der Waals surface area contributed by atoms with E-state index in [0.29, 0.717) is 0 Å². The van der Waals surface area contributed by atoms with Crippen LogP contribution >= 0.6 is 0 Å². The number of amides is 2. The predicted molar refractivity (Wildman–Crippen MR) is 81.6 cm³/mol. The third kappa shape index (κ3) is 5.79. The van der Waals surface area contributed by atoms with Gasteiger partial charge in [-0.05, 0) is 23.6 Å². The van der Waals surface area contributed by atoms with Gasteiger partial charge in [0, 0.05) is 13.0 Å². The number of aryl methyl sites for hydroxylation is 1. The minimum atomic E-state index is -0.432. The summed E-state index contributed by atoms with van der Waals surface area (Å²) in [4.78, 5) is 22.7. The van der Waals surface area contributed by atoms with Crippen molar-refractivity contribution in [2.45, 2.75) is 25.8 Å². The average molecular weight is 290 g/mol. The Morgan fingerprint density at radius 3 is 2.52 bits per heavy atom. The first-order chi connectivity index (χ1) is 10.1. The zero-order valence-electron chi connectivity index (χ0n) is 12.3. The van der Waals surface area contributed by atoms with Gasteiger partial charge < -0.3 is 15.7 Å². The fourth-order valence-electron chi connectivity index (χ4n) is 1.86. The van der Waals surface area contributed by atoms with Crippen LogP contribution in [-0.2, 0) is 16.0 Å². The normalized spacial score (nSPS) is 11.5. The predicted octanol–water partition coefficient (Wildman–Crippen LogP) is 1.09. The first-order valence-corrected chi connectivity index (χ1v) is 7.00. The van der Waals surface area contributed by atoms with Gasteiger partial charge in [0.2, 0.25) is 11.8 Å². The number of benzene rings is 1. The Kier molecular flexibility index (Phi) is 7.18. The van der Waals surface area contributed by atoms with Gasteiger partial charge in [-0.15, -0.1) is 0 Å². The maximum atomic E-state index is 11.8. The number of nitrogens with one attached hydrogen (secondary N) is 2.